The number of hydrogen-bond donors (Lipinski definition) is 1. The molecule has 4 rings (SSSR count). The third kappa shape index (κ3) is 3.66. The van der Waals surface area contributed by atoms with Crippen LogP contribution in [0.4, 0.5) is 11.4 Å². The van der Waals surface area contributed by atoms with Gasteiger partial charge < -0.3 is 5.32 Å². The quantitative estimate of drug-likeness (QED) is 0.568. The molecule has 3 aromatic carbocycles. The topological polar surface area (TPSA) is 49.4 Å². The molecular weight excluding hydrogens is 384 g/mol. The minimum absolute atomic E-state index is 0.305. The number of carbonyl (C=O) groups is 2. The molecule has 0 radical (unpaired) electrons. The number of carbonyl (C=O) groups excluding carboxylic acids is 2. The first-order valence-electron chi connectivity index (χ1n) is 10.4. The van der Waals surface area contributed by atoms with Crippen LogP contribution in [-0.4, -0.2) is 11.8 Å². The second kappa shape index (κ2) is 7.88. The summed E-state index contributed by atoms with van der Waals surface area (Å²) < 4.78 is 0. The molecule has 1 aliphatic rings. The fraction of sp³-hybridized carbons (Fsp3) is 0.185. The maximum absolute atomic E-state index is 13.7. The first-order valence-corrected chi connectivity index (χ1v) is 10.4. The van der Waals surface area contributed by atoms with Crippen molar-refractivity contribution in [2.24, 2.45) is 0 Å². The molecule has 156 valence electrons. The molecule has 1 aliphatic heterocycles. The number of rotatable bonds is 4. The van der Waals surface area contributed by atoms with Crippen LogP contribution in [-0.2, 0) is 9.59 Å². The standard InChI is InChI=1S/C27H26N2O2/c1-16-9-12-21(13-10-16)28-25-24(22-14-11-17(2)15-19(22)4)26(30)29(27(25)31)23-8-6-7-18(3)20(23)5/h6-15,28H,1-5H3. The Morgan fingerprint density at radius 3 is 2.06 bits per heavy atom. The first kappa shape index (κ1) is 20.6. The maximum Gasteiger partial charge on any atom is 0.282 e. The summed E-state index contributed by atoms with van der Waals surface area (Å²) >= 11 is 0. The van der Waals surface area contributed by atoms with E-state index in [2.05, 4.69) is 5.32 Å². The molecule has 0 bridgehead atoms. The van der Waals surface area contributed by atoms with Crippen LogP contribution in [0.5, 0.6) is 0 Å². The van der Waals surface area contributed by atoms with Gasteiger partial charge in [-0.3, -0.25) is 9.59 Å². The van der Waals surface area contributed by atoms with Gasteiger partial charge in [0.2, 0.25) is 0 Å². The lowest BCUT2D eigenvalue weighted by atomic mass is 9.97. The Balaban J connectivity index is 1.88. The van der Waals surface area contributed by atoms with Crippen molar-refractivity contribution in [3.8, 4) is 0 Å². The summed E-state index contributed by atoms with van der Waals surface area (Å²) in [7, 11) is 0. The predicted octanol–water partition coefficient (Wildman–Crippen LogP) is 5.63. The highest BCUT2D eigenvalue weighted by Crippen LogP contribution is 2.36. The van der Waals surface area contributed by atoms with Crippen LogP contribution in [0, 0.1) is 34.6 Å². The zero-order chi connectivity index (χ0) is 22.3. The van der Waals surface area contributed by atoms with E-state index < -0.39 is 0 Å². The molecule has 0 spiro atoms. The van der Waals surface area contributed by atoms with Gasteiger partial charge in [-0.15, -0.1) is 0 Å². The van der Waals surface area contributed by atoms with Crippen molar-refractivity contribution in [3.63, 3.8) is 0 Å². The van der Waals surface area contributed by atoms with Crippen LogP contribution in [0.15, 0.2) is 66.4 Å². The van der Waals surface area contributed by atoms with Crippen molar-refractivity contribution in [1.29, 1.82) is 0 Å². The van der Waals surface area contributed by atoms with Crippen LogP contribution < -0.4 is 10.2 Å². The summed E-state index contributed by atoms with van der Waals surface area (Å²) in [6.45, 7) is 9.91. The summed E-state index contributed by atoms with van der Waals surface area (Å²) in [5, 5.41) is 3.24. The van der Waals surface area contributed by atoms with Gasteiger partial charge in [-0.25, -0.2) is 4.90 Å². The summed E-state index contributed by atoms with van der Waals surface area (Å²) in [4.78, 5) is 28.6. The lowest BCUT2D eigenvalue weighted by molar-refractivity contribution is -0.120. The van der Waals surface area contributed by atoms with Gasteiger partial charge in [0.25, 0.3) is 11.8 Å². The van der Waals surface area contributed by atoms with Crippen LogP contribution >= 0.6 is 0 Å². The minimum atomic E-state index is -0.339. The summed E-state index contributed by atoms with van der Waals surface area (Å²) in [5.74, 6) is -0.644. The van der Waals surface area contributed by atoms with Crippen molar-refractivity contribution in [2.45, 2.75) is 34.6 Å². The highest BCUT2D eigenvalue weighted by molar-refractivity contribution is 6.46. The van der Waals surface area contributed by atoms with E-state index in [1.165, 1.54) is 4.90 Å². The zero-order valence-electron chi connectivity index (χ0n) is 18.5. The van der Waals surface area contributed by atoms with Crippen molar-refractivity contribution < 1.29 is 9.59 Å². The van der Waals surface area contributed by atoms with Gasteiger partial charge in [0.15, 0.2) is 0 Å². The average molecular weight is 411 g/mol. The third-order valence-corrected chi connectivity index (χ3v) is 5.87. The van der Waals surface area contributed by atoms with Gasteiger partial charge in [0.1, 0.15) is 5.70 Å². The Labute approximate surface area is 183 Å². The number of anilines is 2. The normalized spacial score (nSPS) is 13.9. The average Bonchev–Trinajstić information content (AvgIpc) is 2.96. The molecular formula is C27H26N2O2. The van der Waals surface area contributed by atoms with E-state index >= 15 is 0 Å². The van der Waals surface area contributed by atoms with Gasteiger partial charge in [-0.1, -0.05) is 53.6 Å². The molecule has 0 aromatic heterocycles. The van der Waals surface area contributed by atoms with Crippen LogP contribution in [0.1, 0.15) is 33.4 Å². The van der Waals surface area contributed by atoms with E-state index in [1.807, 2.05) is 95.3 Å². The fourth-order valence-electron chi connectivity index (χ4n) is 3.97. The zero-order valence-corrected chi connectivity index (χ0v) is 18.5. The number of aryl methyl sites for hydroxylation is 4. The van der Waals surface area contributed by atoms with E-state index in [9.17, 15) is 9.59 Å². The highest BCUT2D eigenvalue weighted by Gasteiger charge is 2.41. The molecule has 2 amide bonds. The van der Waals surface area contributed by atoms with Gasteiger partial charge in [0, 0.05) is 5.69 Å². The van der Waals surface area contributed by atoms with Crippen LogP contribution in [0.2, 0.25) is 0 Å². The van der Waals surface area contributed by atoms with Gasteiger partial charge >= 0.3 is 0 Å². The van der Waals surface area contributed by atoms with Crippen LogP contribution in [0.3, 0.4) is 0 Å². The molecule has 0 atom stereocenters. The second-order valence-electron chi connectivity index (χ2n) is 8.22. The molecule has 0 fully saturated rings. The fourth-order valence-corrected chi connectivity index (χ4v) is 3.97. The maximum atomic E-state index is 13.7. The molecule has 1 N–H and O–H groups in total. The number of imide groups is 1. The largest absolute Gasteiger partial charge is 0.350 e. The highest BCUT2D eigenvalue weighted by atomic mass is 16.2. The number of hydrogen-bond acceptors (Lipinski definition) is 3. The Morgan fingerprint density at radius 1 is 0.710 bits per heavy atom. The Kier molecular flexibility index (Phi) is 5.24. The molecule has 0 unspecified atom stereocenters. The van der Waals surface area contributed by atoms with Gasteiger partial charge in [-0.05, 0) is 75.1 Å². The van der Waals surface area contributed by atoms with Crippen LogP contribution in [0.25, 0.3) is 5.57 Å². The number of amides is 2. The summed E-state index contributed by atoms with van der Waals surface area (Å²) in [5.41, 5.74) is 8.02. The first-order chi connectivity index (χ1) is 14.8. The lowest BCUT2D eigenvalue weighted by Crippen LogP contribution is -2.33. The van der Waals surface area contributed by atoms with E-state index in [0.717, 1.165) is 39.1 Å². The Hall–Kier alpha value is -3.66. The smallest absolute Gasteiger partial charge is 0.282 e. The van der Waals surface area contributed by atoms with E-state index in [-0.39, 0.29) is 11.8 Å². The number of nitrogens with one attached hydrogen (secondary N) is 1. The number of nitrogens with zero attached hydrogens (tertiary/aromatic N) is 1. The van der Waals surface area contributed by atoms with Crippen molar-refractivity contribution in [2.75, 3.05) is 10.2 Å². The molecule has 4 heteroatoms. The van der Waals surface area contributed by atoms with E-state index in [4.69, 9.17) is 0 Å². The third-order valence-electron chi connectivity index (χ3n) is 5.87. The lowest BCUT2D eigenvalue weighted by Gasteiger charge is -2.19. The monoisotopic (exact) mass is 410 g/mol. The molecule has 4 nitrogen and oxygen atoms in total. The molecule has 0 saturated heterocycles. The molecule has 1 heterocycles. The predicted molar refractivity (Wildman–Crippen MR) is 126 cm³/mol. The van der Waals surface area contributed by atoms with E-state index in [1.54, 1.807) is 0 Å². The summed E-state index contributed by atoms with van der Waals surface area (Å²) in [6.07, 6.45) is 0. The van der Waals surface area contributed by atoms with Crippen molar-refractivity contribution in [1.82, 2.24) is 0 Å². The minimum Gasteiger partial charge on any atom is -0.350 e. The Bertz CT molecular complexity index is 1240. The second-order valence-corrected chi connectivity index (χ2v) is 8.22. The molecule has 3 aromatic rings. The van der Waals surface area contributed by atoms with E-state index in [0.29, 0.717) is 17.0 Å². The molecule has 0 saturated carbocycles. The van der Waals surface area contributed by atoms with Crippen molar-refractivity contribution >= 4 is 28.8 Å². The molecule has 31 heavy (non-hydrogen) atoms. The van der Waals surface area contributed by atoms with Crippen molar-refractivity contribution in [3.05, 3.63) is 99.7 Å². The SMILES string of the molecule is Cc1ccc(NC2=C(c3ccc(C)cc3C)C(=O)N(c3cccc(C)c3C)C2=O)cc1. The van der Waals surface area contributed by atoms with Gasteiger partial charge in [-0.2, -0.15) is 0 Å². The Morgan fingerprint density at radius 2 is 1.39 bits per heavy atom. The van der Waals surface area contributed by atoms with Gasteiger partial charge in [0.05, 0.1) is 11.3 Å². The molecule has 0 aliphatic carbocycles. The number of benzene rings is 3. The summed E-state index contributed by atoms with van der Waals surface area (Å²) in [6, 6.07) is 19.4.